The zero-order chi connectivity index (χ0) is 8.72. The van der Waals surface area contributed by atoms with Crippen molar-refractivity contribution in [2.45, 2.75) is 6.92 Å². The Morgan fingerprint density at radius 3 is 3.00 bits per heavy atom. The van der Waals surface area contributed by atoms with E-state index in [2.05, 4.69) is 20.9 Å². The molecule has 2 nitrogen and oxygen atoms in total. The van der Waals surface area contributed by atoms with Gasteiger partial charge in [0.05, 0.1) is 15.2 Å². The number of aryl methyl sites for hydroxylation is 1. The summed E-state index contributed by atoms with van der Waals surface area (Å²) in [6.45, 7) is 1.99. The van der Waals surface area contributed by atoms with Crippen LogP contribution in [-0.4, -0.2) is 4.98 Å². The number of nitrogen functional groups attached to an aromatic ring is 1. The molecule has 0 aliphatic rings. The molecule has 62 valence electrons. The van der Waals surface area contributed by atoms with Gasteiger partial charge < -0.3 is 5.73 Å². The van der Waals surface area contributed by atoms with E-state index in [0.717, 1.165) is 25.4 Å². The van der Waals surface area contributed by atoms with E-state index in [1.54, 1.807) is 11.3 Å². The molecule has 12 heavy (non-hydrogen) atoms. The molecule has 0 amide bonds. The maximum Gasteiger partial charge on any atom is 0.0958 e. The molecule has 0 bridgehead atoms. The van der Waals surface area contributed by atoms with Gasteiger partial charge in [-0.3, -0.25) is 0 Å². The van der Waals surface area contributed by atoms with Crippen LogP contribution in [0, 0.1) is 6.92 Å². The first kappa shape index (κ1) is 8.01. The van der Waals surface area contributed by atoms with Crippen molar-refractivity contribution >= 4 is 43.2 Å². The Balaban J connectivity index is 2.88. The molecule has 0 spiro atoms. The molecular weight excluding hydrogens is 236 g/mol. The van der Waals surface area contributed by atoms with Crippen molar-refractivity contribution in [1.29, 1.82) is 0 Å². The molecule has 2 N–H and O–H groups in total. The molecule has 0 fully saturated rings. The number of hydrogen-bond acceptors (Lipinski definition) is 3. The van der Waals surface area contributed by atoms with Crippen molar-refractivity contribution in [3.63, 3.8) is 0 Å². The fourth-order valence-corrected chi connectivity index (χ4v) is 2.72. The summed E-state index contributed by atoms with van der Waals surface area (Å²) >= 11 is 5.08. The molecule has 0 aliphatic carbocycles. The third kappa shape index (κ3) is 1.21. The normalized spacial score (nSPS) is 10.8. The average molecular weight is 243 g/mol. The fraction of sp³-hybridized carbons (Fsp3) is 0.125. The summed E-state index contributed by atoms with van der Waals surface area (Å²) in [7, 11) is 0. The van der Waals surface area contributed by atoms with Gasteiger partial charge in [0.2, 0.25) is 0 Å². The van der Waals surface area contributed by atoms with E-state index in [4.69, 9.17) is 5.73 Å². The van der Waals surface area contributed by atoms with Gasteiger partial charge >= 0.3 is 0 Å². The lowest BCUT2D eigenvalue weighted by Crippen LogP contribution is -1.83. The van der Waals surface area contributed by atoms with Crippen molar-refractivity contribution < 1.29 is 0 Å². The van der Waals surface area contributed by atoms with Crippen molar-refractivity contribution in [3.8, 4) is 0 Å². The summed E-state index contributed by atoms with van der Waals surface area (Å²) in [4.78, 5) is 4.37. The van der Waals surface area contributed by atoms with Gasteiger partial charge in [0.15, 0.2) is 0 Å². The predicted octanol–water partition coefficient (Wildman–Crippen LogP) is 2.95. The summed E-state index contributed by atoms with van der Waals surface area (Å²) in [5.41, 5.74) is 7.47. The molecule has 2 aromatic rings. The molecule has 0 unspecified atom stereocenters. The van der Waals surface area contributed by atoms with Crippen LogP contribution in [0.2, 0.25) is 0 Å². The second kappa shape index (κ2) is 2.71. The number of aromatic nitrogens is 1. The molecule has 1 heterocycles. The van der Waals surface area contributed by atoms with Crippen molar-refractivity contribution in [2.75, 3.05) is 5.73 Å². The number of nitrogens with two attached hydrogens (primary N) is 1. The van der Waals surface area contributed by atoms with E-state index >= 15 is 0 Å². The standard InChI is InChI=1S/C8H7BrN2S/c1-4-11-8-6(9)2-5(10)3-7(8)12-4/h2-3H,10H2,1H3. The second-order valence-electron chi connectivity index (χ2n) is 2.58. The van der Waals surface area contributed by atoms with Gasteiger partial charge in [-0.2, -0.15) is 0 Å². The highest BCUT2D eigenvalue weighted by Gasteiger charge is 2.04. The maximum absolute atomic E-state index is 5.68. The quantitative estimate of drug-likeness (QED) is 0.722. The Morgan fingerprint density at radius 2 is 2.25 bits per heavy atom. The number of thiazole rings is 1. The molecular formula is C8H7BrN2S. The highest BCUT2D eigenvalue weighted by atomic mass is 79.9. The second-order valence-corrected chi connectivity index (χ2v) is 4.67. The topological polar surface area (TPSA) is 38.9 Å². The van der Waals surface area contributed by atoms with E-state index in [9.17, 15) is 0 Å². The minimum absolute atomic E-state index is 0.776. The first-order valence-corrected chi connectivity index (χ1v) is 5.10. The summed E-state index contributed by atoms with van der Waals surface area (Å²) in [5, 5.41) is 1.07. The molecule has 0 aliphatic heterocycles. The van der Waals surface area contributed by atoms with Crippen LogP contribution in [0.15, 0.2) is 16.6 Å². The van der Waals surface area contributed by atoms with Gasteiger partial charge in [-0.05, 0) is 35.0 Å². The van der Waals surface area contributed by atoms with Gasteiger partial charge in [-0.15, -0.1) is 11.3 Å². The highest BCUT2D eigenvalue weighted by molar-refractivity contribution is 9.10. The molecule has 0 saturated heterocycles. The van der Waals surface area contributed by atoms with Crippen LogP contribution in [0.3, 0.4) is 0 Å². The lowest BCUT2D eigenvalue weighted by molar-refractivity contribution is 1.34. The van der Waals surface area contributed by atoms with Crippen LogP contribution in [0.4, 0.5) is 5.69 Å². The van der Waals surface area contributed by atoms with Gasteiger partial charge in [0.25, 0.3) is 0 Å². The smallest absolute Gasteiger partial charge is 0.0958 e. The van der Waals surface area contributed by atoms with Gasteiger partial charge in [0, 0.05) is 10.2 Å². The van der Waals surface area contributed by atoms with Crippen LogP contribution < -0.4 is 5.73 Å². The van der Waals surface area contributed by atoms with Crippen LogP contribution in [-0.2, 0) is 0 Å². The van der Waals surface area contributed by atoms with Gasteiger partial charge in [-0.1, -0.05) is 0 Å². The fourth-order valence-electron chi connectivity index (χ4n) is 1.12. The van der Waals surface area contributed by atoms with Crippen molar-refractivity contribution in [2.24, 2.45) is 0 Å². The summed E-state index contributed by atoms with van der Waals surface area (Å²) in [6, 6.07) is 3.83. The third-order valence-electron chi connectivity index (χ3n) is 1.58. The number of anilines is 1. The van der Waals surface area contributed by atoms with E-state index in [-0.39, 0.29) is 0 Å². The Bertz CT molecular complexity index is 436. The summed E-state index contributed by atoms with van der Waals surface area (Å²) in [5.74, 6) is 0. The Labute approximate surface area is 82.5 Å². The van der Waals surface area contributed by atoms with E-state index in [0.29, 0.717) is 0 Å². The number of rotatable bonds is 0. The Hall–Kier alpha value is -0.610. The number of fused-ring (bicyclic) bond motifs is 1. The minimum atomic E-state index is 0.776. The van der Waals surface area contributed by atoms with Crippen LogP contribution in [0.1, 0.15) is 5.01 Å². The average Bonchev–Trinajstić information content (AvgIpc) is 2.29. The monoisotopic (exact) mass is 242 g/mol. The SMILES string of the molecule is Cc1nc2c(Br)cc(N)cc2s1. The van der Waals surface area contributed by atoms with Crippen LogP contribution >= 0.6 is 27.3 Å². The number of benzene rings is 1. The maximum atomic E-state index is 5.68. The summed E-state index contributed by atoms with van der Waals surface area (Å²) < 4.78 is 2.11. The molecule has 2 rings (SSSR count). The first-order chi connectivity index (χ1) is 5.66. The molecule has 0 saturated carbocycles. The van der Waals surface area contributed by atoms with E-state index in [1.807, 2.05) is 19.1 Å². The number of hydrogen-bond donors (Lipinski definition) is 1. The van der Waals surface area contributed by atoms with Gasteiger partial charge in [0.1, 0.15) is 0 Å². The lowest BCUT2D eigenvalue weighted by atomic mass is 10.3. The molecule has 1 aromatic carbocycles. The predicted molar refractivity (Wildman–Crippen MR) is 56.5 cm³/mol. The summed E-state index contributed by atoms with van der Waals surface area (Å²) in [6.07, 6.45) is 0. The lowest BCUT2D eigenvalue weighted by Gasteiger charge is -1.94. The number of halogens is 1. The molecule has 0 atom stereocenters. The van der Waals surface area contributed by atoms with Crippen LogP contribution in [0.5, 0.6) is 0 Å². The molecule has 0 radical (unpaired) electrons. The minimum Gasteiger partial charge on any atom is -0.399 e. The van der Waals surface area contributed by atoms with E-state index < -0.39 is 0 Å². The Kier molecular flexibility index (Phi) is 1.81. The zero-order valence-electron chi connectivity index (χ0n) is 6.47. The molecule has 1 aromatic heterocycles. The Morgan fingerprint density at radius 1 is 1.50 bits per heavy atom. The molecule has 4 heteroatoms. The van der Waals surface area contributed by atoms with Crippen molar-refractivity contribution in [3.05, 3.63) is 21.6 Å². The largest absolute Gasteiger partial charge is 0.399 e. The van der Waals surface area contributed by atoms with Gasteiger partial charge in [-0.25, -0.2) is 4.98 Å². The van der Waals surface area contributed by atoms with Crippen LogP contribution in [0.25, 0.3) is 10.2 Å². The third-order valence-corrected chi connectivity index (χ3v) is 3.10. The van der Waals surface area contributed by atoms with E-state index in [1.165, 1.54) is 0 Å². The first-order valence-electron chi connectivity index (χ1n) is 3.49. The zero-order valence-corrected chi connectivity index (χ0v) is 8.87. The number of nitrogens with zero attached hydrogens (tertiary/aromatic N) is 1. The van der Waals surface area contributed by atoms with Crippen molar-refractivity contribution in [1.82, 2.24) is 4.98 Å². The highest BCUT2D eigenvalue weighted by Crippen LogP contribution is 2.30.